The predicted molar refractivity (Wildman–Crippen MR) is 70.4 cm³/mol. The van der Waals surface area contributed by atoms with Crippen LogP contribution in [0.2, 0.25) is 5.02 Å². The smallest absolute Gasteiger partial charge is 0.327 e. The molecule has 0 radical (unpaired) electrons. The number of esters is 1. The van der Waals surface area contributed by atoms with E-state index in [9.17, 15) is 4.79 Å². The number of carbonyl (C=O) groups is 1. The second-order valence-corrected chi connectivity index (χ2v) is 4.31. The summed E-state index contributed by atoms with van der Waals surface area (Å²) in [6.07, 6.45) is -0.328. The number of rotatable bonds is 6. The molecular weight excluding hydrogens is 254 g/mol. The average Bonchev–Trinajstić information content (AvgIpc) is 2.36. The molecule has 1 rings (SSSR count). The number of ether oxygens (including phenoxy) is 2. The van der Waals surface area contributed by atoms with Gasteiger partial charge in [0, 0.05) is 11.6 Å². The van der Waals surface area contributed by atoms with Crippen LogP contribution >= 0.6 is 11.6 Å². The minimum absolute atomic E-state index is 0.328. The van der Waals surface area contributed by atoms with Gasteiger partial charge in [0.05, 0.1) is 6.61 Å². The molecule has 5 heteroatoms. The third-order valence-corrected chi connectivity index (χ3v) is 2.71. The molecule has 0 aliphatic carbocycles. The summed E-state index contributed by atoms with van der Waals surface area (Å²) in [7, 11) is 0. The lowest BCUT2D eigenvalue weighted by molar-refractivity contribution is -0.152. The molecular formula is C13H18ClNO3. The standard InChI is InChI=1S/C13H18ClNO3/c1-3-17-8-9(2)18-13(16)12(15)10-6-4-5-7-11(10)14/h4-7,9,12H,3,8,15H2,1-2H3/t9?,12-/m1/s1. The van der Waals surface area contributed by atoms with Crippen LogP contribution in [0, 0.1) is 0 Å². The Hall–Kier alpha value is -1.10. The Morgan fingerprint density at radius 1 is 1.44 bits per heavy atom. The summed E-state index contributed by atoms with van der Waals surface area (Å²) in [5, 5.41) is 0.458. The maximum atomic E-state index is 11.8. The largest absolute Gasteiger partial charge is 0.459 e. The van der Waals surface area contributed by atoms with Crippen LogP contribution in [-0.4, -0.2) is 25.3 Å². The van der Waals surface area contributed by atoms with Gasteiger partial charge in [0.2, 0.25) is 0 Å². The second kappa shape index (κ2) is 7.36. The number of benzene rings is 1. The molecule has 2 atom stereocenters. The number of hydrogen-bond acceptors (Lipinski definition) is 4. The molecule has 0 spiro atoms. The molecule has 18 heavy (non-hydrogen) atoms. The third kappa shape index (κ3) is 4.29. The van der Waals surface area contributed by atoms with E-state index in [1.54, 1.807) is 31.2 Å². The van der Waals surface area contributed by atoms with Gasteiger partial charge < -0.3 is 15.2 Å². The van der Waals surface area contributed by atoms with Crippen molar-refractivity contribution < 1.29 is 14.3 Å². The average molecular weight is 272 g/mol. The van der Waals surface area contributed by atoms with Gasteiger partial charge in [-0.2, -0.15) is 0 Å². The van der Waals surface area contributed by atoms with Crippen molar-refractivity contribution in [1.29, 1.82) is 0 Å². The highest BCUT2D eigenvalue weighted by atomic mass is 35.5. The van der Waals surface area contributed by atoms with Crippen molar-refractivity contribution in [1.82, 2.24) is 0 Å². The van der Waals surface area contributed by atoms with Gasteiger partial charge in [-0.05, 0) is 25.5 Å². The first-order valence-electron chi connectivity index (χ1n) is 5.84. The topological polar surface area (TPSA) is 61.5 Å². The number of carbonyl (C=O) groups excluding carboxylic acids is 1. The van der Waals surface area contributed by atoms with Gasteiger partial charge in [0.15, 0.2) is 0 Å². The molecule has 0 heterocycles. The summed E-state index contributed by atoms with van der Waals surface area (Å²) in [6, 6.07) is 6.08. The van der Waals surface area contributed by atoms with E-state index in [-0.39, 0.29) is 6.10 Å². The van der Waals surface area contributed by atoms with E-state index < -0.39 is 12.0 Å². The van der Waals surface area contributed by atoms with Crippen LogP contribution in [0.1, 0.15) is 25.5 Å². The predicted octanol–water partition coefficient (Wildman–Crippen LogP) is 2.31. The molecule has 0 aliphatic rings. The summed E-state index contributed by atoms with van der Waals surface area (Å²) < 4.78 is 10.3. The van der Waals surface area contributed by atoms with Gasteiger partial charge in [-0.25, -0.2) is 4.79 Å². The van der Waals surface area contributed by atoms with Crippen LogP contribution in [0.15, 0.2) is 24.3 Å². The van der Waals surface area contributed by atoms with Crippen molar-refractivity contribution in [3.63, 3.8) is 0 Å². The van der Waals surface area contributed by atoms with E-state index in [2.05, 4.69) is 0 Å². The quantitative estimate of drug-likeness (QED) is 0.807. The highest BCUT2D eigenvalue weighted by Crippen LogP contribution is 2.22. The first kappa shape index (κ1) is 15.0. The number of halogens is 1. The van der Waals surface area contributed by atoms with Gasteiger partial charge in [-0.15, -0.1) is 0 Å². The van der Waals surface area contributed by atoms with E-state index >= 15 is 0 Å². The van der Waals surface area contributed by atoms with Crippen LogP contribution < -0.4 is 5.73 Å². The first-order valence-corrected chi connectivity index (χ1v) is 6.22. The van der Waals surface area contributed by atoms with Crippen molar-refractivity contribution in [2.75, 3.05) is 13.2 Å². The third-order valence-electron chi connectivity index (χ3n) is 2.37. The maximum absolute atomic E-state index is 11.8. The number of nitrogens with two attached hydrogens (primary N) is 1. The second-order valence-electron chi connectivity index (χ2n) is 3.91. The molecule has 1 aromatic rings. The molecule has 100 valence electrons. The van der Waals surface area contributed by atoms with Gasteiger partial charge in [-0.1, -0.05) is 29.8 Å². The van der Waals surface area contributed by atoms with E-state index in [0.29, 0.717) is 23.8 Å². The maximum Gasteiger partial charge on any atom is 0.327 e. The SMILES string of the molecule is CCOCC(C)OC(=O)[C@H](N)c1ccccc1Cl. The molecule has 1 aromatic carbocycles. The molecule has 0 fully saturated rings. The van der Waals surface area contributed by atoms with Crippen LogP contribution in [0.25, 0.3) is 0 Å². The zero-order valence-electron chi connectivity index (χ0n) is 10.6. The van der Waals surface area contributed by atoms with E-state index in [1.165, 1.54) is 0 Å². The van der Waals surface area contributed by atoms with Crippen molar-refractivity contribution in [2.45, 2.75) is 26.0 Å². The van der Waals surface area contributed by atoms with E-state index in [0.717, 1.165) is 0 Å². The van der Waals surface area contributed by atoms with Crippen molar-refractivity contribution >= 4 is 17.6 Å². The lowest BCUT2D eigenvalue weighted by atomic mass is 10.1. The summed E-state index contributed by atoms with van der Waals surface area (Å²) in [5.74, 6) is -0.504. The zero-order chi connectivity index (χ0) is 13.5. The van der Waals surface area contributed by atoms with Crippen molar-refractivity contribution in [3.8, 4) is 0 Å². The minimum Gasteiger partial charge on any atom is -0.459 e. The van der Waals surface area contributed by atoms with Gasteiger partial charge >= 0.3 is 5.97 Å². The summed E-state index contributed by atoms with van der Waals surface area (Å²) >= 11 is 5.97. The van der Waals surface area contributed by atoms with Crippen LogP contribution in [0.5, 0.6) is 0 Å². The Morgan fingerprint density at radius 3 is 2.72 bits per heavy atom. The molecule has 4 nitrogen and oxygen atoms in total. The Balaban J connectivity index is 2.59. The Labute approximate surface area is 112 Å². The molecule has 0 saturated carbocycles. The van der Waals surface area contributed by atoms with Gasteiger partial charge in [0.1, 0.15) is 12.1 Å². The zero-order valence-corrected chi connectivity index (χ0v) is 11.3. The lowest BCUT2D eigenvalue weighted by Crippen LogP contribution is -2.29. The monoisotopic (exact) mass is 271 g/mol. The van der Waals surface area contributed by atoms with Crippen LogP contribution in [0.4, 0.5) is 0 Å². The highest BCUT2D eigenvalue weighted by Gasteiger charge is 2.21. The van der Waals surface area contributed by atoms with E-state index in [4.69, 9.17) is 26.8 Å². The molecule has 2 N–H and O–H groups in total. The summed E-state index contributed by atoms with van der Waals surface area (Å²) in [4.78, 5) is 11.8. The normalized spacial score (nSPS) is 14.0. The molecule has 0 aromatic heterocycles. The molecule has 0 bridgehead atoms. The molecule has 1 unspecified atom stereocenters. The van der Waals surface area contributed by atoms with Crippen LogP contribution in [-0.2, 0) is 14.3 Å². The first-order chi connectivity index (χ1) is 8.56. The lowest BCUT2D eigenvalue weighted by Gasteiger charge is -2.17. The molecule has 0 amide bonds. The Bertz CT molecular complexity index is 398. The fraction of sp³-hybridized carbons (Fsp3) is 0.462. The summed E-state index contributed by atoms with van der Waals surface area (Å²) in [5.41, 5.74) is 6.38. The Morgan fingerprint density at radius 2 is 2.11 bits per heavy atom. The van der Waals surface area contributed by atoms with Crippen molar-refractivity contribution in [3.05, 3.63) is 34.9 Å². The fourth-order valence-electron chi connectivity index (χ4n) is 1.44. The summed E-state index contributed by atoms with van der Waals surface area (Å²) in [6.45, 7) is 4.58. The van der Waals surface area contributed by atoms with Gasteiger partial charge in [0.25, 0.3) is 0 Å². The van der Waals surface area contributed by atoms with Gasteiger partial charge in [-0.3, -0.25) is 0 Å². The number of hydrogen-bond donors (Lipinski definition) is 1. The molecule has 0 saturated heterocycles. The Kier molecular flexibility index (Phi) is 6.12. The molecule has 0 aliphatic heterocycles. The minimum atomic E-state index is -0.872. The highest BCUT2D eigenvalue weighted by molar-refractivity contribution is 6.31. The fourth-order valence-corrected chi connectivity index (χ4v) is 1.70. The van der Waals surface area contributed by atoms with Crippen molar-refractivity contribution in [2.24, 2.45) is 5.73 Å². The van der Waals surface area contributed by atoms with Crippen LogP contribution in [0.3, 0.4) is 0 Å². The van der Waals surface area contributed by atoms with E-state index in [1.807, 2.05) is 6.92 Å².